The Kier molecular flexibility index (Phi) is 3.01. The van der Waals surface area contributed by atoms with Gasteiger partial charge in [0.15, 0.2) is 0 Å². The van der Waals surface area contributed by atoms with Gasteiger partial charge in [-0.3, -0.25) is 0 Å². The molecule has 1 aliphatic rings. The molecular formula is C13H16OS2. The summed E-state index contributed by atoms with van der Waals surface area (Å²) in [5.41, 5.74) is 0. The molecule has 0 radical (unpaired) electrons. The van der Waals surface area contributed by atoms with Crippen molar-refractivity contribution in [3.05, 3.63) is 22.4 Å². The Hall–Kier alpha value is -0.380. The van der Waals surface area contributed by atoms with Crippen LogP contribution < -0.4 is 0 Å². The predicted octanol–water partition coefficient (Wildman–Crippen LogP) is 4.58. The van der Waals surface area contributed by atoms with Gasteiger partial charge in [0.1, 0.15) is 0 Å². The van der Waals surface area contributed by atoms with Crippen molar-refractivity contribution in [2.45, 2.75) is 38.2 Å². The average Bonchev–Trinajstić information content (AvgIpc) is 2.91. The van der Waals surface area contributed by atoms with Crippen molar-refractivity contribution in [3.63, 3.8) is 0 Å². The lowest BCUT2D eigenvalue weighted by atomic mass is 9.99. The van der Waals surface area contributed by atoms with E-state index in [1.54, 1.807) is 22.7 Å². The zero-order valence-electron chi connectivity index (χ0n) is 9.19. The second-order valence-electron chi connectivity index (χ2n) is 4.70. The van der Waals surface area contributed by atoms with Crippen molar-refractivity contribution in [3.8, 4) is 0 Å². The van der Waals surface area contributed by atoms with E-state index in [0.29, 0.717) is 0 Å². The molecular weight excluding hydrogens is 236 g/mol. The predicted molar refractivity (Wildman–Crippen MR) is 71.2 cm³/mol. The van der Waals surface area contributed by atoms with Crippen LogP contribution in [-0.2, 0) is 0 Å². The molecule has 3 heteroatoms. The van der Waals surface area contributed by atoms with Crippen LogP contribution in [0.25, 0.3) is 9.40 Å². The van der Waals surface area contributed by atoms with Crippen molar-refractivity contribution in [2.75, 3.05) is 0 Å². The van der Waals surface area contributed by atoms with Crippen LogP contribution in [-0.4, -0.2) is 5.11 Å². The van der Waals surface area contributed by atoms with Gasteiger partial charge in [0.2, 0.25) is 0 Å². The van der Waals surface area contributed by atoms with Crippen LogP contribution in [0.4, 0.5) is 0 Å². The number of aliphatic hydroxyl groups excluding tert-OH is 1. The number of thiophene rings is 2. The number of aliphatic hydroxyl groups is 1. The van der Waals surface area contributed by atoms with E-state index in [4.69, 9.17) is 0 Å². The fourth-order valence-electron chi connectivity index (χ4n) is 2.63. The molecule has 1 unspecified atom stereocenters. The fraction of sp³-hybridized carbons (Fsp3) is 0.538. The maximum atomic E-state index is 10.2. The monoisotopic (exact) mass is 252 g/mol. The normalized spacial score (nSPS) is 19.6. The van der Waals surface area contributed by atoms with E-state index < -0.39 is 0 Å². The van der Waals surface area contributed by atoms with Gasteiger partial charge in [-0.1, -0.05) is 25.7 Å². The molecule has 0 spiro atoms. The van der Waals surface area contributed by atoms with Crippen LogP contribution in [0.3, 0.4) is 0 Å². The van der Waals surface area contributed by atoms with Crippen molar-refractivity contribution in [2.24, 2.45) is 5.92 Å². The molecule has 1 fully saturated rings. The molecule has 1 nitrogen and oxygen atoms in total. The summed E-state index contributed by atoms with van der Waals surface area (Å²) in [7, 11) is 0. The lowest BCUT2D eigenvalue weighted by Crippen LogP contribution is -2.02. The third kappa shape index (κ3) is 2.04. The van der Waals surface area contributed by atoms with Crippen LogP contribution in [0.2, 0.25) is 0 Å². The molecule has 2 aromatic rings. The number of hydrogen-bond acceptors (Lipinski definition) is 3. The second-order valence-corrected chi connectivity index (χ2v) is 6.76. The van der Waals surface area contributed by atoms with E-state index in [1.165, 1.54) is 35.1 Å². The van der Waals surface area contributed by atoms with Gasteiger partial charge >= 0.3 is 0 Å². The van der Waals surface area contributed by atoms with Gasteiger partial charge in [-0.05, 0) is 29.9 Å². The standard InChI is InChI=1S/C13H16OS2/c14-10(7-9-3-1-2-4-9)12-8-13-11(16-12)5-6-15-13/h5-6,8-10,14H,1-4,7H2. The Morgan fingerprint density at radius 2 is 2.12 bits per heavy atom. The lowest BCUT2D eigenvalue weighted by Gasteiger charge is -2.13. The van der Waals surface area contributed by atoms with Crippen molar-refractivity contribution < 1.29 is 5.11 Å². The summed E-state index contributed by atoms with van der Waals surface area (Å²) in [6.45, 7) is 0. The first-order valence-corrected chi connectivity index (χ1v) is 7.67. The first-order valence-electron chi connectivity index (χ1n) is 5.98. The van der Waals surface area contributed by atoms with E-state index in [2.05, 4.69) is 17.5 Å². The van der Waals surface area contributed by atoms with Gasteiger partial charge in [0.05, 0.1) is 6.10 Å². The summed E-state index contributed by atoms with van der Waals surface area (Å²) >= 11 is 3.52. The summed E-state index contributed by atoms with van der Waals surface area (Å²) in [6, 6.07) is 4.32. The molecule has 1 atom stereocenters. The van der Waals surface area contributed by atoms with Crippen LogP contribution in [0.15, 0.2) is 17.5 Å². The van der Waals surface area contributed by atoms with Gasteiger partial charge in [-0.15, -0.1) is 22.7 Å². The van der Waals surface area contributed by atoms with Gasteiger partial charge in [-0.25, -0.2) is 0 Å². The Labute approximate surface area is 104 Å². The summed E-state index contributed by atoms with van der Waals surface area (Å²) in [5.74, 6) is 0.759. The highest BCUT2D eigenvalue weighted by Crippen LogP contribution is 2.38. The third-order valence-corrected chi connectivity index (χ3v) is 5.71. The lowest BCUT2D eigenvalue weighted by molar-refractivity contribution is 0.148. The highest BCUT2D eigenvalue weighted by molar-refractivity contribution is 7.26. The van der Waals surface area contributed by atoms with Gasteiger partial charge in [0.25, 0.3) is 0 Å². The van der Waals surface area contributed by atoms with E-state index >= 15 is 0 Å². The van der Waals surface area contributed by atoms with Crippen LogP contribution in [0.5, 0.6) is 0 Å². The quantitative estimate of drug-likeness (QED) is 0.848. The Bertz CT molecular complexity index is 436. The fourth-order valence-corrected chi connectivity index (χ4v) is 4.75. The molecule has 16 heavy (non-hydrogen) atoms. The molecule has 2 heterocycles. The zero-order valence-corrected chi connectivity index (χ0v) is 10.8. The van der Waals surface area contributed by atoms with Crippen molar-refractivity contribution in [1.29, 1.82) is 0 Å². The van der Waals surface area contributed by atoms with E-state index in [9.17, 15) is 5.11 Å². The van der Waals surface area contributed by atoms with Gasteiger partial charge in [-0.2, -0.15) is 0 Å². The molecule has 0 amide bonds. The molecule has 86 valence electrons. The summed E-state index contributed by atoms with van der Waals surface area (Å²) in [5, 5.41) is 12.3. The summed E-state index contributed by atoms with van der Waals surface area (Å²) < 4.78 is 2.65. The van der Waals surface area contributed by atoms with E-state index in [0.717, 1.165) is 17.2 Å². The number of hydrogen-bond donors (Lipinski definition) is 1. The maximum absolute atomic E-state index is 10.2. The van der Waals surface area contributed by atoms with Crippen LogP contribution in [0, 0.1) is 5.92 Å². The maximum Gasteiger partial charge on any atom is 0.0885 e. The van der Waals surface area contributed by atoms with Crippen molar-refractivity contribution in [1.82, 2.24) is 0 Å². The van der Waals surface area contributed by atoms with Gasteiger partial charge in [0, 0.05) is 14.3 Å². The minimum Gasteiger partial charge on any atom is -0.388 e. The van der Waals surface area contributed by atoms with Crippen LogP contribution in [0.1, 0.15) is 43.1 Å². The largest absolute Gasteiger partial charge is 0.388 e. The number of rotatable bonds is 3. The van der Waals surface area contributed by atoms with Gasteiger partial charge < -0.3 is 5.11 Å². The topological polar surface area (TPSA) is 20.2 Å². The smallest absolute Gasteiger partial charge is 0.0885 e. The molecule has 3 rings (SSSR count). The molecule has 1 aliphatic carbocycles. The van der Waals surface area contributed by atoms with Crippen LogP contribution >= 0.6 is 22.7 Å². The third-order valence-electron chi connectivity index (χ3n) is 3.52. The highest BCUT2D eigenvalue weighted by atomic mass is 32.1. The zero-order chi connectivity index (χ0) is 11.0. The first-order chi connectivity index (χ1) is 7.83. The minimum absolute atomic E-state index is 0.229. The summed E-state index contributed by atoms with van der Waals surface area (Å²) in [6.07, 6.45) is 6.09. The second kappa shape index (κ2) is 4.47. The summed E-state index contributed by atoms with van der Waals surface area (Å²) in [4.78, 5) is 1.16. The Morgan fingerprint density at radius 1 is 1.31 bits per heavy atom. The molecule has 1 saturated carbocycles. The molecule has 0 aliphatic heterocycles. The molecule has 2 aromatic heterocycles. The Morgan fingerprint density at radius 3 is 2.88 bits per heavy atom. The molecule has 0 aromatic carbocycles. The SMILES string of the molecule is OC(CC1CCCC1)c1cc2sccc2s1. The highest BCUT2D eigenvalue weighted by Gasteiger charge is 2.21. The van der Waals surface area contributed by atoms with E-state index in [-0.39, 0.29) is 6.10 Å². The number of fused-ring (bicyclic) bond motifs is 1. The molecule has 0 saturated heterocycles. The van der Waals surface area contributed by atoms with E-state index in [1.807, 2.05) is 0 Å². The average molecular weight is 252 g/mol. The first kappa shape index (κ1) is 10.8. The molecule has 1 N–H and O–H groups in total. The van der Waals surface area contributed by atoms with Crippen molar-refractivity contribution >= 4 is 32.1 Å². The molecule has 0 bridgehead atoms. The minimum atomic E-state index is -0.229. The Balaban J connectivity index is 1.73.